The minimum atomic E-state index is -0.196. The summed E-state index contributed by atoms with van der Waals surface area (Å²) in [5.74, 6) is 3.15. The largest absolute Gasteiger partial charge is 0.479 e. The van der Waals surface area contributed by atoms with E-state index in [1.807, 2.05) is 7.11 Å². The molecule has 4 saturated carbocycles. The van der Waals surface area contributed by atoms with Crippen LogP contribution in [0.3, 0.4) is 0 Å². The van der Waals surface area contributed by atoms with Crippen LogP contribution in [0.5, 0.6) is 5.88 Å². The van der Waals surface area contributed by atoms with E-state index in [1.54, 1.807) is 17.9 Å². The molecule has 0 aromatic carbocycles. The van der Waals surface area contributed by atoms with Gasteiger partial charge in [-0.3, -0.25) is 9.48 Å². The highest BCUT2D eigenvalue weighted by Gasteiger charge is 2.57. The molecule has 0 saturated heterocycles. The van der Waals surface area contributed by atoms with E-state index in [2.05, 4.69) is 10.4 Å². The summed E-state index contributed by atoms with van der Waals surface area (Å²) >= 11 is 0. The van der Waals surface area contributed by atoms with Crippen molar-refractivity contribution in [2.45, 2.75) is 37.7 Å². The van der Waals surface area contributed by atoms with Gasteiger partial charge >= 0.3 is 0 Å². The van der Waals surface area contributed by atoms with Crippen molar-refractivity contribution in [2.24, 2.45) is 30.7 Å². The van der Waals surface area contributed by atoms with Gasteiger partial charge in [0.05, 0.1) is 12.7 Å². The Morgan fingerprint density at radius 1 is 1.25 bits per heavy atom. The Morgan fingerprint density at radius 3 is 2.42 bits per heavy atom. The topological polar surface area (TPSA) is 65.4 Å². The van der Waals surface area contributed by atoms with Crippen molar-refractivity contribution in [1.82, 2.24) is 15.1 Å². The normalized spacial score (nSPS) is 36.8. The second kappa shape index (κ2) is 5.76. The van der Waals surface area contributed by atoms with E-state index < -0.39 is 0 Å². The highest BCUT2D eigenvalue weighted by atomic mass is 16.5. The number of ether oxygens (including phenoxy) is 2. The van der Waals surface area contributed by atoms with Gasteiger partial charge in [0.15, 0.2) is 0 Å². The Balaban J connectivity index is 1.50. The molecule has 0 atom stereocenters. The molecule has 0 aliphatic heterocycles. The molecule has 4 fully saturated rings. The van der Waals surface area contributed by atoms with Crippen molar-refractivity contribution in [2.75, 3.05) is 20.8 Å². The molecule has 24 heavy (non-hydrogen) atoms. The first-order chi connectivity index (χ1) is 11.6. The van der Waals surface area contributed by atoms with E-state index in [4.69, 9.17) is 9.47 Å². The average Bonchev–Trinajstić information content (AvgIpc) is 2.95. The standard InChI is InChI=1S/C18H27N3O3/c1-21-9-15(17(20-21)23-2)16(22)19-10-18(24-3)13-5-11-4-12(7-13)8-14(18)6-11/h9,11-14H,4-8,10H2,1-3H3,(H,19,22). The van der Waals surface area contributed by atoms with Crippen molar-refractivity contribution >= 4 is 5.91 Å². The summed E-state index contributed by atoms with van der Waals surface area (Å²) in [6.45, 7) is 0.579. The number of amides is 1. The van der Waals surface area contributed by atoms with Gasteiger partial charge in [-0.25, -0.2) is 0 Å². The molecular weight excluding hydrogens is 306 g/mol. The number of carbonyl (C=O) groups is 1. The zero-order valence-electron chi connectivity index (χ0n) is 14.7. The molecule has 1 N–H and O–H groups in total. The molecular formula is C18H27N3O3. The second-order valence-corrected chi connectivity index (χ2v) is 7.87. The number of carbonyl (C=O) groups excluding carboxylic acids is 1. The Morgan fingerprint density at radius 2 is 1.88 bits per heavy atom. The molecule has 6 heteroatoms. The number of nitrogens with one attached hydrogen (secondary N) is 1. The average molecular weight is 333 g/mol. The fourth-order valence-corrected chi connectivity index (χ4v) is 5.76. The Kier molecular flexibility index (Phi) is 3.82. The lowest BCUT2D eigenvalue weighted by molar-refractivity contribution is -0.186. The van der Waals surface area contributed by atoms with Crippen molar-refractivity contribution in [3.8, 4) is 5.88 Å². The van der Waals surface area contributed by atoms with E-state index in [9.17, 15) is 4.79 Å². The first-order valence-corrected chi connectivity index (χ1v) is 8.96. The number of rotatable bonds is 5. The van der Waals surface area contributed by atoms with E-state index in [0.29, 0.717) is 29.8 Å². The van der Waals surface area contributed by atoms with Crippen LogP contribution in [-0.2, 0) is 11.8 Å². The maximum absolute atomic E-state index is 12.6. The number of nitrogens with zero attached hydrogens (tertiary/aromatic N) is 2. The molecule has 0 unspecified atom stereocenters. The van der Waals surface area contributed by atoms with Crippen molar-refractivity contribution in [3.63, 3.8) is 0 Å². The lowest BCUT2D eigenvalue weighted by Crippen LogP contribution is -2.63. The van der Waals surface area contributed by atoms with Crippen molar-refractivity contribution < 1.29 is 14.3 Å². The summed E-state index contributed by atoms with van der Waals surface area (Å²) in [7, 11) is 5.14. The fourth-order valence-electron chi connectivity index (χ4n) is 5.76. The molecule has 4 aliphatic carbocycles. The summed E-state index contributed by atoms with van der Waals surface area (Å²) in [5, 5.41) is 7.27. The first-order valence-electron chi connectivity index (χ1n) is 8.96. The zero-order chi connectivity index (χ0) is 16.9. The number of hydrogen-bond donors (Lipinski definition) is 1. The van der Waals surface area contributed by atoms with Crippen molar-refractivity contribution in [1.29, 1.82) is 0 Å². The first kappa shape index (κ1) is 15.9. The van der Waals surface area contributed by atoms with Gasteiger partial charge < -0.3 is 14.8 Å². The Hall–Kier alpha value is -1.56. The summed E-state index contributed by atoms with van der Waals surface area (Å²) < 4.78 is 12.9. The summed E-state index contributed by atoms with van der Waals surface area (Å²) in [5.41, 5.74) is 0.286. The van der Waals surface area contributed by atoms with Gasteiger partial charge in [-0.15, -0.1) is 5.10 Å². The summed E-state index contributed by atoms with van der Waals surface area (Å²) in [6, 6.07) is 0. The predicted octanol–water partition coefficient (Wildman–Crippen LogP) is 2.00. The minimum absolute atomic E-state index is 0.134. The monoisotopic (exact) mass is 333 g/mol. The Bertz CT molecular complexity index is 611. The minimum Gasteiger partial charge on any atom is -0.479 e. The lowest BCUT2D eigenvalue weighted by atomic mass is 9.49. The molecule has 1 heterocycles. The maximum atomic E-state index is 12.6. The zero-order valence-corrected chi connectivity index (χ0v) is 14.7. The highest BCUT2D eigenvalue weighted by Crippen LogP contribution is 2.59. The van der Waals surface area contributed by atoms with Gasteiger partial charge in [-0.05, 0) is 55.8 Å². The SMILES string of the molecule is COc1nn(C)cc1C(=O)NCC1(OC)C2CC3CC(C2)CC1C3. The van der Waals surface area contributed by atoms with Crippen LogP contribution >= 0.6 is 0 Å². The third-order valence-corrected chi connectivity index (χ3v) is 6.66. The van der Waals surface area contributed by atoms with E-state index in [0.717, 1.165) is 11.8 Å². The van der Waals surface area contributed by atoms with Crippen LogP contribution in [0.1, 0.15) is 42.5 Å². The Labute approximate surface area is 142 Å². The third kappa shape index (κ3) is 2.34. The predicted molar refractivity (Wildman–Crippen MR) is 88.9 cm³/mol. The van der Waals surface area contributed by atoms with Gasteiger partial charge in [-0.2, -0.15) is 0 Å². The number of methoxy groups -OCH3 is 2. The van der Waals surface area contributed by atoms with Gasteiger partial charge in [0.1, 0.15) is 5.56 Å². The van der Waals surface area contributed by atoms with Crippen molar-refractivity contribution in [3.05, 3.63) is 11.8 Å². The number of hydrogen-bond acceptors (Lipinski definition) is 4. The van der Waals surface area contributed by atoms with E-state index >= 15 is 0 Å². The molecule has 5 rings (SSSR count). The van der Waals surface area contributed by atoms with Crippen LogP contribution in [0.2, 0.25) is 0 Å². The van der Waals surface area contributed by atoms with Crippen LogP contribution in [0.4, 0.5) is 0 Å². The maximum Gasteiger partial charge on any atom is 0.258 e. The quantitative estimate of drug-likeness (QED) is 0.895. The van der Waals surface area contributed by atoms with Gasteiger partial charge in [0.2, 0.25) is 5.88 Å². The van der Waals surface area contributed by atoms with Crippen LogP contribution in [-0.4, -0.2) is 42.1 Å². The molecule has 6 nitrogen and oxygen atoms in total. The van der Waals surface area contributed by atoms with Gasteiger partial charge in [-0.1, -0.05) is 0 Å². The molecule has 0 radical (unpaired) electrons. The number of aryl methyl sites for hydroxylation is 1. The van der Waals surface area contributed by atoms with Gasteiger partial charge in [0.25, 0.3) is 5.91 Å². The molecule has 4 bridgehead atoms. The molecule has 1 aromatic heterocycles. The highest BCUT2D eigenvalue weighted by molar-refractivity contribution is 5.96. The number of aromatic nitrogens is 2. The molecule has 1 amide bonds. The van der Waals surface area contributed by atoms with Crippen LogP contribution < -0.4 is 10.1 Å². The van der Waals surface area contributed by atoms with E-state index in [1.165, 1.54) is 39.2 Å². The molecule has 0 spiro atoms. The van der Waals surface area contributed by atoms with E-state index in [-0.39, 0.29) is 11.5 Å². The van der Waals surface area contributed by atoms with Gasteiger partial charge in [0, 0.05) is 26.9 Å². The molecule has 4 aliphatic rings. The summed E-state index contributed by atoms with van der Waals surface area (Å²) in [6.07, 6.45) is 8.14. The van der Waals surface area contributed by atoms with Crippen LogP contribution in [0, 0.1) is 23.7 Å². The smallest absolute Gasteiger partial charge is 0.258 e. The van der Waals surface area contributed by atoms with Crippen LogP contribution in [0.15, 0.2) is 6.20 Å². The second-order valence-electron chi connectivity index (χ2n) is 7.87. The fraction of sp³-hybridized carbons (Fsp3) is 0.778. The third-order valence-electron chi connectivity index (χ3n) is 6.66. The molecule has 1 aromatic rings. The lowest BCUT2D eigenvalue weighted by Gasteiger charge is -2.60. The van der Waals surface area contributed by atoms with Crippen LogP contribution in [0.25, 0.3) is 0 Å². The molecule has 132 valence electrons. The summed E-state index contributed by atoms with van der Waals surface area (Å²) in [4.78, 5) is 12.6.